The molecule has 1 N–H and O–H groups in total. The van der Waals surface area contributed by atoms with Crippen molar-refractivity contribution >= 4 is 11.4 Å². The van der Waals surface area contributed by atoms with Crippen LogP contribution in [0.5, 0.6) is 0 Å². The lowest BCUT2D eigenvalue weighted by Gasteiger charge is -2.23. The Morgan fingerprint density at radius 3 is 1.56 bits per heavy atom. The average Bonchev–Trinajstić information content (AvgIpc) is 3.11. The van der Waals surface area contributed by atoms with Gasteiger partial charge >= 0.3 is 0 Å². The van der Waals surface area contributed by atoms with E-state index in [1.54, 1.807) is 0 Å². The topological polar surface area (TPSA) is 12.0 Å². The molecule has 164 valence electrons. The van der Waals surface area contributed by atoms with Gasteiger partial charge in [-0.3, -0.25) is 0 Å². The van der Waals surface area contributed by atoms with E-state index in [0.29, 0.717) is 0 Å². The number of hydrogen-bond donors (Lipinski definition) is 1. The standard InChI is InChI=1S/C33H27N/c1-33(2)31-21-26(24-11-7-4-8-12-24)15-19-29(31)30-20-18-28(22-32(30)33)34-27-16-13-25(14-17-27)23-9-5-3-6-10-23/h3-22,34H,1-2H3. The molecule has 5 aromatic carbocycles. The Bertz CT molecular complexity index is 1460. The first-order valence-corrected chi connectivity index (χ1v) is 11.9. The molecular formula is C33H27N. The van der Waals surface area contributed by atoms with Crippen LogP contribution >= 0.6 is 0 Å². The molecule has 0 radical (unpaired) electrons. The first-order chi connectivity index (χ1) is 16.6. The second kappa shape index (κ2) is 8.04. The van der Waals surface area contributed by atoms with E-state index in [0.717, 1.165) is 11.4 Å². The van der Waals surface area contributed by atoms with Crippen molar-refractivity contribution in [2.24, 2.45) is 0 Å². The number of anilines is 2. The molecule has 0 saturated carbocycles. The van der Waals surface area contributed by atoms with Crippen LogP contribution in [0.3, 0.4) is 0 Å². The fourth-order valence-corrected chi connectivity index (χ4v) is 5.17. The highest BCUT2D eigenvalue weighted by molar-refractivity contribution is 5.85. The molecule has 0 fully saturated rings. The number of benzene rings is 5. The molecule has 0 amide bonds. The molecule has 1 heteroatoms. The Labute approximate surface area is 201 Å². The first-order valence-electron chi connectivity index (χ1n) is 11.9. The van der Waals surface area contributed by atoms with Crippen LogP contribution in [0.25, 0.3) is 33.4 Å². The van der Waals surface area contributed by atoms with Crippen LogP contribution in [-0.2, 0) is 5.41 Å². The lowest BCUT2D eigenvalue weighted by atomic mass is 9.81. The van der Waals surface area contributed by atoms with Crippen molar-refractivity contribution < 1.29 is 0 Å². The summed E-state index contributed by atoms with van der Waals surface area (Å²) in [5, 5.41) is 3.61. The van der Waals surface area contributed by atoms with Gasteiger partial charge in [0.05, 0.1) is 0 Å². The van der Waals surface area contributed by atoms with Crippen molar-refractivity contribution in [2.45, 2.75) is 19.3 Å². The third-order valence-corrected chi connectivity index (χ3v) is 7.06. The fourth-order valence-electron chi connectivity index (χ4n) is 5.17. The van der Waals surface area contributed by atoms with E-state index in [1.807, 2.05) is 0 Å². The van der Waals surface area contributed by atoms with Crippen LogP contribution in [0.15, 0.2) is 121 Å². The van der Waals surface area contributed by atoms with Crippen molar-refractivity contribution in [3.8, 4) is 33.4 Å². The summed E-state index contributed by atoms with van der Waals surface area (Å²) < 4.78 is 0. The first kappa shape index (κ1) is 20.5. The summed E-state index contributed by atoms with van der Waals surface area (Å²) in [6.45, 7) is 4.68. The molecule has 34 heavy (non-hydrogen) atoms. The predicted octanol–water partition coefficient (Wildman–Crippen LogP) is 9.07. The lowest BCUT2D eigenvalue weighted by Crippen LogP contribution is -2.15. The molecule has 0 atom stereocenters. The monoisotopic (exact) mass is 437 g/mol. The average molecular weight is 438 g/mol. The Morgan fingerprint density at radius 2 is 0.912 bits per heavy atom. The van der Waals surface area contributed by atoms with Gasteiger partial charge in [-0.05, 0) is 74.8 Å². The smallest absolute Gasteiger partial charge is 0.0387 e. The largest absolute Gasteiger partial charge is 0.356 e. The number of fused-ring (bicyclic) bond motifs is 3. The maximum absolute atomic E-state index is 3.61. The molecule has 0 aromatic heterocycles. The van der Waals surface area contributed by atoms with Crippen molar-refractivity contribution in [2.75, 3.05) is 5.32 Å². The van der Waals surface area contributed by atoms with Gasteiger partial charge in [0.15, 0.2) is 0 Å². The van der Waals surface area contributed by atoms with Crippen LogP contribution in [0.1, 0.15) is 25.0 Å². The zero-order valence-corrected chi connectivity index (χ0v) is 19.5. The van der Waals surface area contributed by atoms with Gasteiger partial charge in [0, 0.05) is 16.8 Å². The molecule has 0 heterocycles. The van der Waals surface area contributed by atoms with E-state index in [4.69, 9.17) is 0 Å². The molecule has 0 aliphatic heterocycles. The molecule has 0 unspecified atom stereocenters. The van der Waals surface area contributed by atoms with Crippen LogP contribution in [0.4, 0.5) is 11.4 Å². The minimum atomic E-state index is -0.0513. The van der Waals surface area contributed by atoms with E-state index in [1.165, 1.54) is 44.5 Å². The Morgan fingerprint density at radius 1 is 0.441 bits per heavy atom. The molecule has 5 aromatic rings. The lowest BCUT2D eigenvalue weighted by molar-refractivity contribution is 0.661. The highest BCUT2D eigenvalue weighted by atomic mass is 14.9. The summed E-state index contributed by atoms with van der Waals surface area (Å²) >= 11 is 0. The van der Waals surface area contributed by atoms with Gasteiger partial charge in [0.25, 0.3) is 0 Å². The Balaban J connectivity index is 1.30. The van der Waals surface area contributed by atoms with Gasteiger partial charge in [0.2, 0.25) is 0 Å². The molecule has 0 bridgehead atoms. The molecule has 1 nitrogen and oxygen atoms in total. The quantitative estimate of drug-likeness (QED) is 0.296. The van der Waals surface area contributed by atoms with Crippen LogP contribution < -0.4 is 5.32 Å². The molecule has 1 aliphatic rings. The summed E-state index contributed by atoms with van der Waals surface area (Å²) in [7, 11) is 0. The van der Waals surface area contributed by atoms with Crippen molar-refractivity contribution in [1.29, 1.82) is 0 Å². The molecule has 1 aliphatic carbocycles. The predicted molar refractivity (Wildman–Crippen MR) is 145 cm³/mol. The van der Waals surface area contributed by atoms with Crippen molar-refractivity contribution in [3.05, 3.63) is 132 Å². The highest BCUT2D eigenvalue weighted by Crippen LogP contribution is 2.50. The molecule has 6 rings (SSSR count). The Kier molecular flexibility index (Phi) is 4.85. The number of rotatable bonds is 4. The van der Waals surface area contributed by atoms with Crippen molar-refractivity contribution in [3.63, 3.8) is 0 Å². The third kappa shape index (κ3) is 3.50. The number of hydrogen-bond acceptors (Lipinski definition) is 1. The summed E-state index contributed by atoms with van der Waals surface area (Å²) in [6, 6.07) is 43.5. The number of nitrogens with one attached hydrogen (secondary N) is 1. The second-order valence-corrected chi connectivity index (χ2v) is 9.58. The summed E-state index contributed by atoms with van der Waals surface area (Å²) in [5.41, 5.74) is 12.6. The second-order valence-electron chi connectivity index (χ2n) is 9.58. The van der Waals surface area contributed by atoms with E-state index >= 15 is 0 Å². The summed E-state index contributed by atoms with van der Waals surface area (Å²) in [4.78, 5) is 0. The molecule has 0 spiro atoms. The normalized spacial score (nSPS) is 13.2. The summed E-state index contributed by atoms with van der Waals surface area (Å²) in [6.07, 6.45) is 0. The van der Waals surface area contributed by atoms with Gasteiger partial charge < -0.3 is 5.32 Å². The summed E-state index contributed by atoms with van der Waals surface area (Å²) in [5.74, 6) is 0. The van der Waals surface area contributed by atoms with Gasteiger partial charge in [-0.2, -0.15) is 0 Å². The minimum Gasteiger partial charge on any atom is -0.356 e. The highest BCUT2D eigenvalue weighted by Gasteiger charge is 2.35. The van der Waals surface area contributed by atoms with Crippen LogP contribution in [-0.4, -0.2) is 0 Å². The van der Waals surface area contributed by atoms with E-state index in [2.05, 4.69) is 140 Å². The maximum atomic E-state index is 3.61. The van der Waals surface area contributed by atoms with E-state index < -0.39 is 0 Å². The van der Waals surface area contributed by atoms with Crippen molar-refractivity contribution in [1.82, 2.24) is 0 Å². The van der Waals surface area contributed by atoms with Gasteiger partial charge in [-0.1, -0.05) is 105 Å². The Hall–Kier alpha value is -4.10. The van der Waals surface area contributed by atoms with Gasteiger partial charge in [-0.25, -0.2) is 0 Å². The fraction of sp³-hybridized carbons (Fsp3) is 0.0909. The molecule has 0 saturated heterocycles. The molecular weight excluding hydrogens is 410 g/mol. The zero-order valence-electron chi connectivity index (χ0n) is 19.5. The van der Waals surface area contributed by atoms with Gasteiger partial charge in [-0.15, -0.1) is 0 Å². The maximum Gasteiger partial charge on any atom is 0.0387 e. The zero-order chi connectivity index (χ0) is 23.1. The SMILES string of the molecule is CC1(C)c2cc(Nc3ccc(-c4ccccc4)cc3)ccc2-c2ccc(-c3ccccc3)cc21. The van der Waals surface area contributed by atoms with E-state index in [-0.39, 0.29) is 5.41 Å². The third-order valence-electron chi connectivity index (χ3n) is 7.06. The van der Waals surface area contributed by atoms with E-state index in [9.17, 15) is 0 Å². The van der Waals surface area contributed by atoms with Gasteiger partial charge in [0.1, 0.15) is 0 Å². The van der Waals surface area contributed by atoms with Crippen LogP contribution in [0, 0.1) is 0 Å². The van der Waals surface area contributed by atoms with Crippen LogP contribution in [0.2, 0.25) is 0 Å². The minimum absolute atomic E-state index is 0.0513.